The molecule has 144 valence electrons. The molecule has 0 aliphatic rings. The van der Waals surface area contributed by atoms with Crippen molar-refractivity contribution in [2.24, 2.45) is 0 Å². The predicted octanol–water partition coefficient (Wildman–Crippen LogP) is 7.51. The molecule has 0 spiro atoms. The summed E-state index contributed by atoms with van der Waals surface area (Å²) in [5.74, 6) is -4.28. The zero-order valence-electron chi connectivity index (χ0n) is 14.9. The van der Waals surface area contributed by atoms with E-state index in [9.17, 15) is 22.0 Å². The Morgan fingerprint density at radius 3 is 1.97 bits per heavy atom. The van der Waals surface area contributed by atoms with E-state index < -0.39 is 29.1 Å². The summed E-state index contributed by atoms with van der Waals surface area (Å²) in [6, 6.07) is 12.8. The zero-order valence-corrected chi connectivity index (χ0v) is 14.9. The number of rotatable bonds is 3. The Bertz CT molecular complexity index is 1250. The van der Waals surface area contributed by atoms with Crippen LogP contribution >= 0.6 is 0 Å². The number of benzene rings is 4. The van der Waals surface area contributed by atoms with E-state index in [2.05, 4.69) is 6.58 Å². The molecule has 0 bridgehead atoms. The molecule has 0 amide bonds. The lowest BCUT2D eigenvalue weighted by Gasteiger charge is -2.10. The van der Waals surface area contributed by atoms with E-state index in [0.717, 1.165) is 24.3 Å². The second-order valence-electron chi connectivity index (χ2n) is 6.56. The van der Waals surface area contributed by atoms with Crippen molar-refractivity contribution in [1.29, 1.82) is 0 Å². The van der Waals surface area contributed by atoms with Crippen LogP contribution in [0.25, 0.3) is 39.1 Å². The standard InChI is InChI=1S/C24H13F5/c1-2-13-9-21(27)23(22(28)10-13)16-4-6-17(20(26)12-16)14-3-7-18-15(11-14)5-8-19(25)24(18)29/h2-12H,1H2. The van der Waals surface area contributed by atoms with Crippen LogP contribution in [0.1, 0.15) is 5.56 Å². The van der Waals surface area contributed by atoms with Crippen LogP contribution in [0, 0.1) is 29.1 Å². The maximum atomic E-state index is 14.8. The van der Waals surface area contributed by atoms with E-state index in [-0.39, 0.29) is 27.6 Å². The summed E-state index contributed by atoms with van der Waals surface area (Å²) >= 11 is 0. The van der Waals surface area contributed by atoms with Crippen LogP contribution in [0.5, 0.6) is 0 Å². The van der Waals surface area contributed by atoms with Gasteiger partial charge in [-0.3, -0.25) is 0 Å². The minimum atomic E-state index is -0.973. The van der Waals surface area contributed by atoms with E-state index in [1.807, 2.05) is 0 Å². The van der Waals surface area contributed by atoms with Crippen molar-refractivity contribution in [2.45, 2.75) is 0 Å². The molecule has 0 radical (unpaired) electrons. The Labute approximate surface area is 163 Å². The molecule has 0 aliphatic carbocycles. The quantitative estimate of drug-likeness (QED) is 0.314. The molecular formula is C24H13F5. The lowest BCUT2D eigenvalue weighted by molar-refractivity contribution is 0.517. The number of fused-ring (bicyclic) bond motifs is 1. The van der Waals surface area contributed by atoms with E-state index >= 15 is 0 Å². The van der Waals surface area contributed by atoms with Crippen LogP contribution in [-0.4, -0.2) is 0 Å². The summed E-state index contributed by atoms with van der Waals surface area (Å²) in [4.78, 5) is 0. The van der Waals surface area contributed by atoms with Gasteiger partial charge in [-0.25, -0.2) is 22.0 Å². The van der Waals surface area contributed by atoms with Crippen molar-refractivity contribution >= 4 is 16.8 Å². The van der Waals surface area contributed by atoms with Gasteiger partial charge in [0.1, 0.15) is 17.5 Å². The normalized spacial score (nSPS) is 11.1. The molecule has 0 N–H and O–H groups in total. The number of hydrogen-bond acceptors (Lipinski definition) is 0. The first-order valence-corrected chi connectivity index (χ1v) is 8.68. The van der Waals surface area contributed by atoms with Gasteiger partial charge in [-0.05, 0) is 52.4 Å². The monoisotopic (exact) mass is 396 g/mol. The highest BCUT2D eigenvalue weighted by atomic mass is 19.2. The second kappa shape index (κ2) is 7.17. The van der Waals surface area contributed by atoms with Gasteiger partial charge in [-0.2, -0.15) is 0 Å². The highest BCUT2D eigenvalue weighted by Gasteiger charge is 2.16. The molecule has 0 unspecified atom stereocenters. The molecule has 0 aromatic heterocycles. The van der Waals surface area contributed by atoms with E-state index in [0.29, 0.717) is 10.9 Å². The Hall–Kier alpha value is -3.47. The molecule has 4 rings (SSSR count). The molecule has 0 heterocycles. The third-order valence-corrected chi connectivity index (χ3v) is 4.78. The maximum absolute atomic E-state index is 14.8. The van der Waals surface area contributed by atoms with Crippen LogP contribution in [0.15, 0.2) is 67.2 Å². The lowest BCUT2D eigenvalue weighted by atomic mass is 9.96. The summed E-state index contributed by atoms with van der Waals surface area (Å²) in [7, 11) is 0. The summed E-state index contributed by atoms with van der Waals surface area (Å²) in [5, 5.41) is 0.485. The molecule has 29 heavy (non-hydrogen) atoms. The maximum Gasteiger partial charge on any atom is 0.166 e. The molecule has 0 aliphatic heterocycles. The predicted molar refractivity (Wildman–Crippen MR) is 105 cm³/mol. The van der Waals surface area contributed by atoms with Gasteiger partial charge in [-0.1, -0.05) is 43.0 Å². The highest BCUT2D eigenvalue weighted by molar-refractivity contribution is 5.88. The van der Waals surface area contributed by atoms with Gasteiger partial charge >= 0.3 is 0 Å². The summed E-state index contributed by atoms with van der Waals surface area (Å²) in [6.07, 6.45) is 1.31. The van der Waals surface area contributed by atoms with Crippen molar-refractivity contribution in [3.05, 3.63) is 102 Å². The minimum Gasteiger partial charge on any atom is -0.206 e. The molecule has 0 fully saturated rings. The second-order valence-corrected chi connectivity index (χ2v) is 6.56. The largest absolute Gasteiger partial charge is 0.206 e. The highest BCUT2D eigenvalue weighted by Crippen LogP contribution is 2.33. The molecule has 0 atom stereocenters. The fourth-order valence-electron chi connectivity index (χ4n) is 3.32. The van der Waals surface area contributed by atoms with Crippen molar-refractivity contribution < 1.29 is 22.0 Å². The van der Waals surface area contributed by atoms with Gasteiger partial charge in [0.15, 0.2) is 11.6 Å². The van der Waals surface area contributed by atoms with E-state index in [1.54, 1.807) is 0 Å². The Morgan fingerprint density at radius 1 is 0.621 bits per heavy atom. The third-order valence-electron chi connectivity index (χ3n) is 4.78. The molecule has 0 saturated heterocycles. The number of halogens is 5. The van der Waals surface area contributed by atoms with Crippen molar-refractivity contribution in [2.75, 3.05) is 0 Å². The van der Waals surface area contributed by atoms with Gasteiger partial charge in [-0.15, -0.1) is 0 Å². The van der Waals surface area contributed by atoms with Gasteiger partial charge < -0.3 is 0 Å². The smallest absolute Gasteiger partial charge is 0.166 e. The molecule has 4 aromatic rings. The number of hydrogen-bond donors (Lipinski definition) is 0. The Kier molecular flexibility index (Phi) is 4.66. The van der Waals surface area contributed by atoms with Gasteiger partial charge in [0.05, 0.1) is 5.56 Å². The van der Waals surface area contributed by atoms with Gasteiger partial charge in [0, 0.05) is 10.9 Å². The van der Waals surface area contributed by atoms with E-state index in [4.69, 9.17) is 0 Å². The zero-order chi connectivity index (χ0) is 20.7. The van der Waals surface area contributed by atoms with Gasteiger partial charge in [0.25, 0.3) is 0 Å². The van der Waals surface area contributed by atoms with Crippen molar-refractivity contribution in [3.8, 4) is 22.3 Å². The van der Waals surface area contributed by atoms with Crippen molar-refractivity contribution in [3.63, 3.8) is 0 Å². The first kappa shape index (κ1) is 18.9. The summed E-state index contributed by atoms with van der Waals surface area (Å²) in [6.45, 7) is 3.47. The van der Waals surface area contributed by atoms with Crippen LogP contribution in [0.4, 0.5) is 22.0 Å². The average molecular weight is 396 g/mol. The lowest BCUT2D eigenvalue weighted by Crippen LogP contribution is -1.94. The van der Waals surface area contributed by atoms with Crippen LogP contribution < -0.4 is 0 Å². The molecular weight excluding hydrogens is 383 g/mol. The third kappa shape index (κ3) is 3.29. The molecule has 4 aromatic carbocycles. The van der Waals surface area contributed by atoms with Gasteiger partial charge in [0.2, 0.25) is 0 Å². The Morgan fingerprint density at radius 2 is 1.31 bits per heavy atom. The first-order valence-electron chi connectivity index (χ1n) is 8.68. The summed E-state index contributed by atoms with van der Waals surface area (Å²) in [5.41, 5.74) is 0.586. The SMILES string of the molecule is C=Cc1cc(F)c(-c2ccc(-c3ccc4c(F)c(F)ccc4c3)c(F)c2)c(F)c1. The Balaban J connectivity index is 1.80. The fraction of sp³-hybridized carbons (Fsp3) is 0. The molecule has 0 nitrogen and oxygen atoms in total. The first-order chi connectivity index (χ1) is 13.9. The average Bonchev–Trinajstić information content (AvgIpc) is 2.70. The molecule has 0 saturated carbocycles. The van der Waals surface area contributed by atoms with E-state index in [1.165, 1.54) is 42.5 Å². The van der Waals surface area contributed by atoms with Crippen LogP contribution in [0.3, 0.4) is 0 Å². The summed E-state index contributed by atoms with van der Waals surface area (Å²) < 4.78 is 70.6. The van der Waals surface area contributed by atoms with Crippen LogP contribution in [-0.2, 0) is 0 Å². The van der Waals surface area contributed by atoms with Crippen molar-refractivity contribution in [1.82, 2.24) is 0 Å². The topological polar surface area (TPSA) is 0 Å². The molecule has 5 heteroatoms. The van der Waals surface area contributed by atoms with Crippen LogP contribution in [0.2, 0.25) is 0 Å². The fourth-order valence-corrected chi connectivity index (χ4v) is 3.32. The minimum absolute atomic E-state index is 0.0470.